The Hall–Kier alpha value is -2.87. The maximum absolute atomic E-state index is 14.1. The van der Waals surface area contributed by atoms with Gasteiger partial charge in [-0.25, -0.2) is 23.9 Å². The number of pyridine rings is 1. The van der Waals surface area contributed by atoms with Crippen LogP contribution in [0.5, 0.6) is 0 Å². The van der Waals surface area contributed by atoms with Crippen LogP contribution < -0.4 is 0 Å². The van der Waals surface area contributed by atoms with Gasteiger partial charge in [0.2, 0.25) is 5.28 Å². The second-order valence-electron chi connectivity index (χ2n) is 5.78. The van der Waals surface area contributed by atoms with Crippen molar-refractivity contribution in [2.45, 2.75) is 26.3 Å². The Bertz CT molecular complexity index is 1070. The van der Waals surface area contributed by atoms with Crippen LogP contribution in [0.1, 0.15) is 24.6 Å². The molecule has 0 radical (unpaired) electrons. The van der Waals surface area contributed by atoms with Crippen LogP contribution in [0.3, 0.4) is 0 Å². The highest BCUT2D eigenvalue weighted by Gasteiger charge is 2.17. The van der Waals surface area contributed by atoms with Gasteiger partial charge in [-0.2, -0.15) is 4.98 Å². The molecule has 0 spiro atoms. The summed E-state index contributed by atoms with van der Waals surface area (Å²) in [6.07, 6.45) is 8.23. The summed E-state index contributed by atoms with van der Waals surface area (Å²) in [7, 11) is 0. The molecule has 0 aliphatic heterocycles. The first kappa shape index (κ1) is 16.6. The monoisotopic (exact) mass is 371 g/mol. The van der Waals surface area contributed by atoms with Crippen molar-refractivity contribution in [1.29, 1.82) is 0 Å². The first-order valence-corrected chi connectivity index (χ1v) is 8.55. The van der Waals surface area contributed by atoms with E-state index in [1.165, 1.54) is 6.07 Å². The molecule has 4 heterocycles. The van der Waals surface area contributed by atoms with E-state index in [4.69, 9.17) is 11.6 Å². The molecule has 0 aliphatic carbocycles. The van der Waals surface area contributed by atoms with Gasteiger partial charge in [0.15, 0.2) is 17.3 Å². The average molecular weight is 372 g/mol. The lowest BCUT2D eigenvalue weighted by Gasteiger charge is -2.11. The zero-order valence-corrected chi connectivity index (χ0v) is 14.7. The van der Waals surface area contributed by atoms with E-state index < -0.39 is 5.82 Å². The summed E-state index contributed by atoms with van der Waals surface area (Å²) in [4.78, 5) is 17.2. The van der Waals surface area contributed by atoms with Gasteiger partial charge in [0.05, 0.1) is 12.2 Å². The molecule has 7 nitrogen and oxygen atoms in total. The van der Waals surface area contributed by atoms with Crippen LogP contribution in [-0.4, -0.2) is 34.1 Å². The fourth-order valence-electron chi connectivity index (χ4n) is 2.92. The van der Waals surface area contributed by atoms with Crippen molar-refractivity contribution in [2.24, 2.45) is 0 Å². The first-order valence-electron chi connectivity index (χ1n) is 8.18. The van der Waals surface area contributed by atoms with Gasteiger partial charge in [-0.05, 0) is 30.2 Å². The topological polar surface area (TPSA) is 73.8 Å². The van der Waals surface area contributed by atoms with Crippen molar-refractivity contribution in [2.75, 3.05) is 0 Å². The van der Waals surface area contributed by atoms with Crippen LogP contribution in [-0.2, 0) is 13.0 Å². The summed E-state index contributed by atoms with van der Waals surface area (Å²) >= 11 is 5.94. The molecule has 4 aromatic rings. The summed E-state index contributed by atoms with van der Waals surface area (Å²) < 4.78 is 17.5. The lowest BCUT2D eigenvalue weighted by atomic mass is 10.1. The van der Waals surface area contributed by atoms with Crippen LogP contribution >= 0.6 is 11.6 Å². The number of nitrogens with zero attached hydrogens (tertiary/aromatic N) is 7. The third-order valence-corrected chi connectivity index (χ3v) is 4.21. The molecule has 4 aromatic heterocycles. The number of rotatable bonds is 5. The van der Waals surface area contributed by atoms with Crippen molar-refractivity contribution >= 4 is 17.2 Å². The largest absolute Gasteiger partial charge is 0.324 e. The normalized spacial score (nSPS) is 11.3. The van der Waals surface area contributed by atoms with Gasteiger partial charge in [-0.3, -0.25) is 0 Å². The number of hydrogen-bond acceptors (Lipinski definition) is 5. The number of imidazole rings is 1. The van der Waals surface area contributed by atoms with E-state index in [-0.39, 0.29) is 11.0 Å². The number of aryl methyl sites for hydroxylation is 1. The second-order valence-corrected chi connectivity index (χ2v) is 6.12. The van der Waals surface area contributed by atoms with Crippen LogP contribution in [0.15, 0.2) is 37.1 Å². The third kappa shape index (κ3) is 2.92. The van der Waals surface area contributed by atoms with E-state index in [9.17, 15) is 4.39 Å². The van der Waals surface area contributed by atoms with Crippen molar-refractivity contribution in [3.05, 3.63) is 59.4 Å². The van der Waals surface area contributed by atoms with E-state index in [0.29, 0.717) is 18.0 Å². The van der Waals surface area contributed by atoms with Crippen molar-refractivity contribution in [3.63, 3.8) is 0 Å². The first-order chi connectivity index (χ1) is 12.7. The summed E-state index contributed by atoms with van der Waals surface area (Å²) in [5.41, 5.74) is 2.68. The molecule has 0 saturated heterocycles. The van der Waals surface area contributed by atoms with Gasteiger partial charge in [0.1, 0.15) is 12.0 Å². The van der Waals surface area contributed by atoms with E-state index in [2.05, 4.69) is 32.0 Å². The SMILES string of the molecule is CCCc1c(Cn2ccnc2-c2ncccc2F)ncn2nc(Cl)nc12. The van der Waals surface area contributed by atoms with E-state index >= 15 is 0 Å². The zero-order chi connectivity index (χ0) is 18.1. The Balaban J connectivity index is 1.78. The minimum Gasteiger partial charge on any atom is -0.324 e. The Morgan fingerprint density at radius 1 is 1.19 bits per heavy atom. The third-order valence-electron chi connectivity index (χ3n) is 4.05. The summed E-state index contributed by atoms with van der Waals surface area (Å²) in [6, 6.07) is 2.92. The Morgan fingerprint density at radius 2 is 2.08 bits per heavy atom. The lowest BCUT2D eigenvalue weighted by molar-refractivity contribution is 0.621. The highest BCUT2D eigenvalue weighted by atomic mass is 35.5. The molecular formula is C17H15ClFN7. The van der Waals surface area contributed by atoms with Gasteiger partial charge in [0.25, 0.3) is 0 Å². The fraction of sp³-hybridized carbons (Fsp3) is 0.235. The molecule has 0 bridgehead atoms. The van der Waals surface area contributed by atoms with Gasteiger partial charge in [0, 0.05) is 24.2 Å². The average Bonchev–Trinajstić information content (AvgIpc) is 3.23. The molecule has 26 heavy (non-hydrogen) atoms. The smallest absolute Gasteiger partial charge is 0.243 e. The number of hydrogen-bond donors (Lipinski definition) is 0. The number of halogens is 2. The maximum Gasteiger partial charge on any atom is 0.243 e. The molecule has 0 aliphatic rings. The maximum atomic E-state index is 14.1. The Morgan fingerprint density at radius 3 is 2.88 bits per heavy atom. The Kier molecular flexibility index (Phi) is 4.34. The van der Waals surface area contributed by atoms with Crippen LogP contribution in [0.25, 0.3) is 17.2 Å². The lowest BCUT2D eigenvalue weighted by Crippen LogP contribution is -2.10. The van der Waals surface area contributed by atoms with Crippen LogP contribution in [0.2, 0.25) is 5.28 Å². The molecule has 0 saturated carbocycles. The molecule has 0 N–H and O–H groups in total. The van der Waals surface area contributed by atoms with E-state index in [0.717, 1.165) is 24.1 Å². The molecule has 0 amide bonds. The second kappa shape index (κ2) is 6.80. The van der Waals surface area contributed by atoms with Crippen LogP contribution in [0, 0.1) is 5.82 Å². The minimum absolute atomic E-state index is 0.181. The predicted octanol–water partition coefficient (Wildman–Crippen LogP) is 3.18. The van der Waals surface area contributed by atoms with Crippen LogP contribution in [0.4, 0.5) is 4.39 Å². The van der Waals surface area contributed by atoms with Crippen molar-refractivity contribution < 1.29 is 4.39 Å². The van der Waals surface area contributed by atoms with Gasteiger partial charge >= 0.3 is 0 Å². The minimum atomic E-state index is -0.415. The fourth-order valence-corrected chi connectivity index (χ4v) is 3.08. The van der Waals surface area contributed by atoms with Crippen molar-refractivity contribution in [3.8, 4) is 11.5 Å². The van der Waals surface area contributed by atoms with E-state index in [1.807, 2.05) is 4.57 Å². The predicted molar refractivity (Wildman–Crippen MR) is 94.3 cm³/mol. The standard InChI is InChI=1S/C17H15ClFN7/c1-2-4-11-13(22-10-26-15(11)23-17(18)24-26)9-25-8-7-21-16(25)14-12(19)5-3-6-20-14/h3,5-8,10H,2,4,9H2,1H3. The molecule has 0 atom stereocenters. The molecule has 0 fully saturated rings. The van der Waals surface area contributed by atoms with Gasteiger partial charge in [-0.1, -0.05) is 13.3 Å². The number of aromatic nitrogens is 7. The summed E-state index contributed by atoms with van der Waals surface area (Å²) in [5, 5.41) is 4.28. The Labute approximate surface area is 153 Å². The molecule has 9 heteroatoms. The quantitative estimate of drug-likeness (QED) is 0.538. The van der Waals surface area contributed by atoms with Gasteiger partial charge in [-0.15, -0.1) is 5.10 Å². The molecule has 4 rings (SSSR count). The molecule has 0 unspecified atom stereocenters. The summed E-state index contributed by atoms with van der Waals surface area (Å²) in [6.45, 7) is 2.50. The highest BCUT2D eigenvalue weighted by Crippen LogP contribution is 2.22. The molecular weight excluding hydrogens is 357 g/mol. The van der Waals surface area contributed by atoms with E-state index in [1.54, 1.807) is 35.5 Å². The van der Waals surface area contributed by atoms with Crippen molar-refractivity contribution in [1.82, 2.24) is 34.1 Å². The zero-order valence-electron chi connectivity index (χ0n) is 14.0. The number of fused-ring (bicyclic) bond motifs is 1. The molecule has 0 aromatic carbocycles. The highest BCUT2D eigenvalue weighted by molar-refractivity contribution is 6.28. The summed E-state index contributed by atoms with van der Waals surface area (Å²) in [5.74, 6) is 0.0353. The molecule has 132 valence electrons. The van der Waals surface area contributed by atoms with Gasteiger partial charge < -0.3 is 4.57 Å².